The first-order chi connectivity index (χ1) is 14.8. The number of nitrogens with zero attached hydrogens (tertiary/aromatic N) is 3. The summed E-state index contributed by atoms with van der Waals surface area (Å²) in [5.74, 6) is -0.241. The number of hydrogen-bond acceptors (Lipinski definition) is 3. The molecule has 0 spiro atoms. The number of alkyl halides is 3. The molecule has 4 nitrogen and oxygen atoms in total. The molecule has 0 saturated carbocycles. The van der Waals surface area contributed by atoms with Crippen LogP contribution in [-0.4, -0.2) is 60.2 Å². The van der Waals surface area contributed by atoms with Crippen molar-refractivity contribution in [3.63, 3.8) is 0 Å². The summed E-state index contributed by atoms with van der Waals surface area (Å²) in [6.45, 7) is 7.66. The largest absolute Gasteiger partial charge is 0.416 e. The molecule has 3 aliphatic heterocycles. The van der Waals surface area contributed by atoms with Crippen LogP contribution in [0.5, 0.6) is 0 Å². The van der Waals surface area contributed by atoms with Crippen molar-refractivity contribution in [1.29, 1.82) is 0 Å². The van der Waals surface area contributed by atoms with E-state index in [2.05, 4.69) is 23.7 Å². The summed E-state index contributed by atoms with van der Waals surface area (Å²) in [6.07, 6.45) is -1.22. The normalized spacial score (nSPS) is 21.4. The zero-order chi connectivity index (χ0) is 22.2. The van der Waals surface area contributed by atoms with E-state index in [1.165, 1.54) is 11.6 Å². The Balaban J connectivity index is 1.44. The van der Waals surface area contributed by atoms with Gasteiger partial charge in [0.05, 0.1) is 12.1 Å². The molecule has 0 unspecified atom stereocenters. The molecule has 0 radical (unpaired) electrons. The number of carbonyl (C=O) groups is 1. The minimum absolute atomic E-state index is 0.0573. The topological polar surface area (TPSA) is 35.9 Å². The third kappa shape index (κ3) is 4.56. The number of amides is 1. The van der Waals surface area contributed by atoms with Crippen LogP contribution >= 0.6 is 0 Å². The second-order valence-corrected chi connectivity index (χ2v) is 9.07. The van der Waals surface area contributed by atoms with Gasteiger partial charge in [-0.15, -0.1) is 0 Å². The lowest BCUT2D eigenvalue weighted by Crippen LogP contribution is -2.43. The molecular formula is C24H30F3N3O. The van der Waals surface area contributed by atoms with Crippen LogP contribution in [-0.2, 0) is 11.0 Å². The molecule has 1 aromatic rings. The van der Waals surface area contributed by atoms with Crippen molar-refractivity contribution in [2.75, 3.05) is 32.7 Å². The maximum absolute atomic E-state index is 13.4. The predicted octanol–water partition coefficient (Wildman–Crippen LogP) is 4.67. The van der Waals surface area contributed by atoms with Crippen LogP contribution in [0.15, 0.2) is 40.4 Å². The molecule has 168 valence electrons. The van der Waals surface area contributed by atoms with Gasteiger partial charge in [-0.25, -0.2) is 0 Å². The van der Waals surface area contributed by atoms with Gasteiger partial charge in [0.25, 0.3) is 5.91 Å². The SMILES string of the molecule is CC(C)N1CCCC2=C(C1)C(C(=O)N1CCC(c3ccccc3C(F)(F)F)CC1)=NC2. The van der Waals surface area contributed by atoms with Crippen molar-refractivity contribution in [2.24, 2.45) is 4.99 Å². The summed E-state index contributed by atoms with van der Waals surface area (Å²) in [7, 11) is 0. The molecule has 7 heteroatoms. The average molecular weight is 434 g/mol. The number of rotatable bonds is 3. The Kier molecular flexibility index (Phi) is 6.24. The summed E-state index contributed by atoms with van der Waals surface area (Å²) >= 11 is 0. The molecule has 4 rings (SSSR count). The quantitative estimate of drug-likeness (QED) is 0.695. The number of aliphatic imine (C=N–C) groups is 1. The second kappa shape index (κ2) is 8.77. The van der Waals surface area contributed by atoms with Gasteiger partial charge in [0.2, 0.25) is 0 Å². The van der Waals surface area contributed by atoms with E-state index in [1.807, 2.05) is 0 Å². The van der Waals surface area contributed by atoms with Crippen molar-refractivity contribution < 1.29 is 18.0 Å². The predicted molar refractivity (Wildman–Crippen MR) is 115 cm³/mol. The lowest BCUT2D eigenvalue weighted by Gasteiger charge is -2.34. The first-order valence-corrected chi connectivity index (χ1v) is 11.2. The van der Waals surface area contributed by atoms with E-state index in [0.717, 1.165) is 37.6 Å². The van der Waals surface area contributed by atoms with Crippen LogP contribution in [0.1, 0.15) is 56.6 Å². The van der Waals surface area contributed by atoms with E-state index in [9.17, 15) is 18.0 Å². The molecular weight excluding hydrogens is 403 g/mol. The first-order valence-electron chi connectivity index (χ1n) is 11.2. The fraction of sp³-hybridized carbons (Fsp3) is 0.583. The number of piperidine rings is 1. The highest BCUT2D eigenvalue weighted by Crippen LogP contribution is 2.39. The number of hydrogen-bond donors (Lipinski definition) is 0. The lowest BCUT2D eigenvalue weighted by molar-refractivity contribution is -0.138. The fourth-order valence-corrected chi connectivity index (χ4v) is 5.02. The molecule has 3 aliphatic rings. The maximum Gasteiger partial charge on any atom is 0.416 e. The van der Waals surface area contributed by atoms with E-state index in [4.69, 9.17) is 0 Å². The van der Waals surface area contributed by atoms with Gasteiger partial charge < -0.3 is 4.90 Å². The first kappa shape index (κ1) is 22.1. The zero-order valence-electron chi connectivity index (χ0n) is 18.2. The van der Waals surface area contributed by atoms with E-state index in [-0.39, 0.29) is 11.8 Å². The molecule has 1 saturated heterocycles. The Morgan fingerprint density at radius 1 is 1.13 bits per heavy atom. The molecule has 0 aromatic heterocycles. The Hall–Kier alpha value is -2.15. The third-order valence-corrected chi connectivity index (χ3v) is 6.85. The van der Waals surface area contributed by atoms with Crippen molar-refractivity contribution >= 4 is 11.6 Å². The maximum atomic E-state index is 13.4. The van der Waals surface area contributed by atoms with Crippen molar-refractivity contribution in [1.82, 2.24) is 9.80 Å². The highest BCUT2D eigenvalue weighted by Gasteiger charge is 2.37. The van der Waals surface area contributed by atoms with Crippen LogP contribution in [0, 0.1) is 0 Å². The molecule has 0 N–H and O–H groups in total. The summed E-state index contributed by atoms with van der Waals surface area (Å²) < 4.78 is 40.2. The van der Waals surface area contributed by atoms with Gasteiger partial charge in [0.15, 0.2) is 0 Å². The molecule has 1 aromatic carbocycles. The Morgan fingerprint density at radius 2 is 1.84 bits per heavy atom. The molecule has 1 fully saturated rings. The average Bonchev–Trinajstić information content (AvgIpc) is 3.01. The second-order valence-electron chi connectivity index (χ2n) is 9.07. The minimum Gasteiger partial charge on any atom is -0.337 e. The van der Waals surface area contributed by atoms with Crippen LogP contribution in [0.4, 0.5) is 13.2 Å². The molecule has 3 heterocycles. The van der Waals surface area contributed by atoms with Gasteiger partial charge in [0.1, 0.15) is 5.71 Å². The summed E-state index contributed by atoms with van der Waals surface area (Å²) in [6, 6.07) is 6.24. The Morgan fingerprint density at radius 3 is 2.52 bits per heavy atom. The smallest absolute Gasteiger partial charge is 0.337 e. The number of carbonyl (C=O) groups excluding carboxylic acids is 1. The number of benzene rings is 1. The highest BCUT2D eigenvalue weighted by atomic mass is 19.4. The summed E-state index contributed by atoms with van der Waals surface area (Å²) in [5, 5.41) is 0. The van der Waals surface area contributed by atoms with Gasteiger partial charge in [-0.2, -0.15) is 13.2 Å². The lowest BCUT2D eigenvalue weighted by atomic mass is 9.86. The number of likely N-dealkylation sites (tertiary alicyclic amines) is 1. The van der Waals surface area contributed by atoms with Crippen molar-refractivity contribution in [2.45, 2.75) is 57.7 Å². The van der Waals surface area contributed by atoms with E-state index >= 15 is 0 Å². The highest BCUT2D eigenvalue weighted by molar-refractivity contribution is 6.46. The third-order valence-electron chi connectivity index (χ3n) is 6.85. The van der Waals surface area contributed by atoms with Crippen LogP contribution in [0.3, 0.4) is 0 Å². The monoisotopic (exact) mass is 433 g/mol. The minimum atomic E-state index is -4.35. The van der Waals surface area contributed by atoms with E-state index in [1.54, 1.807) is 17.0 Å². The van der Waals surface area contributed by atoms with Crippen molar-refractivity contribution in [3.05, 3.63) is 46.5 Å². The van der Waals surface area contributed by atoms with E-state index in [0.29, 0.717) is 49.8 Å². The summed E-state index contributed by atoms with van der Waals surface area (Å²) in [5.41, 5.74) is 2.74. The fourth-order valence-electron chi connectivity index (χ4n) is 5.02. The van der Waals surface area contributed by atoms with Gasteiger partial charge in [0, 0.05) is 25.7 Å². The molecule has 0 aliphatic carbocycles. The standard InChI is InChI=1S/C24H30F3N3O/c1-16(2)30-11-5-6-18-14-28-22(20(18)15-30)23(31)29-12-9-17(10-13-29)19-7-3-4-8-21(19)24(25,26)27/h3-4,7-8,16-17H,5-6,9-15H2,1-2H3. The van der Waals surface area contributed by atoms with Gasteiger partial charge in [-0.05, 0) is 74.8 Å². The Bertz CT molecular complexity index is 896. The van der Waals surface area contributed by atoms with Crippen LogP contribution in [0.2, 0.25) is 0 Å². The molecule has 0 atom stereocenters. The van der Waals surface area contributed by atoms with Gasteiger partial charge in [-0.1, -0.05) is 18.2 Å². The van der Waals surface area contributed by atoms with Gasteiger partial charge >= 0.3 is 6.18 Å². The van der Waals surface area contributed by atoms with Crippen LogP contribution < -0.4 is 0 Å². The Labute approximate surface area is 181 Å². The van der Waals surface area contributed by atoms with Gasteiger partial charge in [-0.3, -0.25) is 14.7 Å². The molecule has 1 amide bonds. The summed E-state index contributed by atoms with van der Waals surface area (Å²) in [4.78, 5) is 22.0. The number of halogens is 3. The van der Waals surface area contributed by atoms with Crippen molar-refractivity contribution in [3.8, 4) is 0 Å². The zero-order valence-corrected chi connectivity index (χ0v) is 18.2. The van der Waals surface area contributed by atoms with E-state index < -0.39 is 11.7 Å². The molecule has 0 bridgehead atoms. The van der Waals surface area contributed by atoms with Crippen LogP contribution in [0.25, 0.3) is 0 Å². The molecule has 31 heavy (non-hydrogen) atoms.